The standard InChI is InChI=1S/C8H14ClNO2/c9-7-10(8(11)12)5-3-1-2-4-6-10/h1-7H2. The van der Waals surface area contributed by atoms with Crippen LogP contribution in [0.1, 0.15) is 25.7 Å². The number of carbonyl (C=O) groups excluding carboxylic acids is 1. The van der Waals surface area contributed by atoms with Crippen molar-refractivity contribution in [2.45, 2.75) is 25.7 Å². The first-order valence-corrected chi connectivity index (χ1v) is 4.88. The summed E-state index contributed by atoms with van der Waals surface area (Å²) in [7, 11) is 0. The van der Waals surface area contributed by atoms with Gasteiger partial charge in [0.1, 0.15) is 0 Å². The molecule has 4 heteroatoms. The molecule has 0 aromatic rings. The molecule has 1 fully saturated rings. The lowest BCUT2D eigenvalue weighted by Crippen LogP contribution is -2.58. The van der Waals surface area contributed by atoms with Crippen molar-refractivity contribution >= 4 is 17.7 Å². The van der Waals surface area contributed by atoms with E-state index in [1.807, 2.05) is 0 Å². The van der Waals surface area contributed by atoms with Gasteiger partial charge in [-0.15, -0.1) is 0 Å². The van der Waals surface area contributed by atoms with Gasteiger partial charge in [-0.1, -0.05) is 11.6 Å². The molecular formula is C8H14ClNO2. The van der Waals surface area contributed by atoms with Gasteiger partial charge in [-0.25, -0.2) is 0 Å². The first kappa shape index (κ1) is 9.81. The zero-order valence-electron chi connectivity index (χ0n) is 7.09. The Morgan fingerprint density at radius 1 is 1.25 bits per heavy atom. The fourth-order valence-corrected chi connectivity index (χ4v) is 1.98. The number of alkyl halides is 1. The average molecular weight is 192 g/mol. The normalized spacial score (nSPS) is 23.1. The lowest BCUT2D eigenvalue weighted by Gasteiger charge is -2.34. The van der Waals surface area contributed by atoms with Crippen LogP contribution in [0, 0.1) is 0 Å². The van der Waals surface area contributed by atoms with Gasteiger partial charge in [0.25, 0.3) is 6.09 Å². The van der Waals surface area contributed by atoms with Gasteiger partial charge in [0.05, 0.1) is 13.1 Å². The number of quaternary nitrogens is 1. The van der Waals surface area contributed by atoms with Crippen molar-refractivity contribution < 1.29 is 14.4 Å². The summed E-state index contributed by atoms with van der Waals surface area (Å²) in [4.78, 5) is 10.8. The van der Waals surface area contributed by atoms with E-state index < -0.39 is 6.09 Å². The van der Waals surface area contributed by atoms with E-state index in [1.54, 1.807) is 0 Å². The van der Waals surface area contributed by atoms with Crippen LogP contribution in [-0.4, -0.2) is 29.7 Å². The summed E-state index contributed by atoms with van der Waals surface area (Å²) in [5.41, 5.74) is 0. The minimum Gasteiger partial charge on any atom is -0.498 e. The number of nitrogens with zero attached hydrogens (tertiary/aromatic N) is 1. The van der Waals surface area contributed by atoms with Crippen LogP contribution in [0.25, 0.3) is 0 Å². The van der Waals surface area contributed by atoms with Crippen molar-refractivity contribution in [2.24, 2.45) is 0 Å². The van der Waals surface area contributed by atoms with Gasteiger partial charge in [-0.2, -0.15) is 0 Å². The Labute approximate surface area is 77.5 Å². The molecule has 0 atom stereocenters. The van der Waals surface area contributed by atoms with Crippen LogP contribution in [-0.2, 0) is 0 Å². The van der Waals surface area contributed by atoms with Gasteiger partial charge in [0.15, 0.2) is 6.00 Å². The maximum Gasteiger partial charge on any atom is 0.258 e. The van der Waals surface area contributed by atoms with Crippen molar-refractivity contribution in [3.63, 3.8) is 0 Å². The minimum atomic E-state index is -1.02. The molecule has 0 aromatic carbocycles. The number of hydrogen-bond acceptors (Lipinski definition) is 2. The molecule has 1 saturated heterocycles. The van der Waals surface area contributed by atoms with Gasteiger partial charge in [0.2, 0.25) is 0 Å². The highest BCUT2D eigenvalue weighted by molar-refractivity contribution is 6.17. The fraction of sp³-hybridized carbons (Fsp3) is 0.875. The van der Waals surface area contributed by atoms with E-state index in [2.05, 4.69) is 0 Å². The molecule has 12 heavy (non-hydrogen) atoms. The first-order chi connectivity index (χ1) is 5.71. The number of carbonyl (C=O) groups is 1. The summed E-state index contributed by atoms with van der Waals surface area (Å²) in [6, 6.07) is 0.141. The lowest BCUT2D eigenvalue weighted by atomic mass is 10.2. The van der Waals surface area contributed by atoms with Gasteiger partial charge in [-0.3, -0.25) is 4.48 Å². The Hall–Kier alpha value is -0.280. The number of hydrogen-bond donors (Lipinski definition) is 0. The molecule has 0 aromatic heterocycles. The zero-order valence-corrected chi connectivity index (χ0v) is 7.85. The maximum atomic E-state index is 10.8. The van der Waals surface area contributed by atoms with E-state index in [4.69, 9.17) is 11.6 Å². The highest BCUT2D eigenvalue weighted by Gasteiger charge is 2.29. The Kier molecular flexibility index (Phi) is 3.35. The van der Waals surface area contributed by atoms with Gasteiger partial charge in [-0.05, 0) is 25.7 Å². The van der Waals surface area contributed by atoms with Crippen LogP contribution in [0.2, 0.25) is 0 Å². The number of likely N-dealkylation sites (tertiary alicyclic amines) is 1. The number of rotatable bonds is 1. The van der Waals surface area contributed by atoms with Crippen molar-refractivity contribution in [1.29, 1.82) is 0 Å². The molecule has 70 valence electrons. The molecular weight excluding hydrogens is 178 g/mol. The highest BCUT2D eigenvalue weighted by Crippen LogP contribution is 2.18. The summed E-state index contributed by atoms with van der Waals surface area (Å²) < 4.78 is -0.0540. The zero-order chi connectivity index (χ0) is 9.03. The van der Waals surface area contributed by atoms with Crippen molar-refractivity contribution in [3.8, 4) is 0 Å². The van der Waals surface area contributed by atoms with Crippen molar-refractivity contribution in [1.82, 2.24) is 0 Å². The largest absolute Gasteiger partial charge is 0.498 e. The van der Waals surface area contributed by atoms with E-state index >= 15 is 0 Å². The lowest BCUT2D eigenvalue weighted by molar-refractivity contribution is -0.864. The number of halogens is 1. The Morgan fingerprint density at radius 2 is 1.75 bits per heavy atom. The number of carboxylic acid groups (broad SMARTS) is 1. The van der Waals surface area contributed by atoms with Crippen LogP contribution >= 0.6 is 11.6 Å². The molecule has 0 N–H and O–H groups in total. The first-order valence-electron chi connectivity index (χ1n) is 4.35. The smallest absolute Gasteiger partial charge is 0.258 e. The maximum absolute atomic E-state index is 10.8. The predicted molar refractivity (Wildman–Crippen MR) is 44.6 cm³/mol. The third-order valence-electron chi connectivity index (χ3n) is 2.54. The topological polar surface area (TPSA) is 40.1 Å². The molecule has 1 aliphatic rings. The molecule has 0 aliphatic carbocycles. The molecule has 1 heterocycles. The highest BCUT2D eigenvalue weighted by atomic mass is 35.5. The molecule has 1 rings (SSSR count). The molecule has 0 unspecified atom stereocenters. The molecule has 1 amide bonds. The fourth-order valence-electron chi connectivity index (χ4n) is 1.65. The van der Waals surface area contributed by atoms with E-state index in [9.17, 15) is 9.90 Å². The quantitative estimate of drug-likeness (QED) is 0.351. The third-order valence-corrected chi connectivity index (χ3v) is 3.00. The van der Waals surface area contributed by atoms with Crippen LogP contribution in [0.15, 0.2) is 0 Å². The molecule has 0 saturated carbocycles. The monoisotopic (exact) mass is 191 g/mol. The molecule has 3 nitrogen and oxygen atoms in total. The summed E-state index contributed by atoms with van der Waals surface area (Å²) in [6.07, 6.45) is 3.10. The Balaban J connectivity index is 2.68. The third kappa shape index (κ3) is 1.90. The van der Waals surface area contributed by atoms with E-state index in [-0.39, 0.29) is 10.5 Å². The molecule has 0 radical (unpaired) electrons. The second-order valence-electron chi connectivity index (χ2n) is 3.39. The van der Waals surface area contributed by atoms with Crippen LogP contribution in [0.3, 0.4) is 0 Å². The Morgan fingerprint density at radius 3 is 2.08 bits per heavy atom. The van der Waals surface area contributed by atoms with E-state index in [1.165, 1.54) is 0 Å². The minimum absolute atomic E-state index is 0.0540. The SMILES string of the molecule is O=C([O-])[N+]1(CCl)CCCCCC1. The summed E-state index contributed by atoms with van der Waals surface area (Å²) in [6.45, 7) is 1.26. The number of amides is 1. The van der Waals surface area contributed by atoms with Crippen molar-refractivity contribution in [2.75, 3.05) is 19.1 Å². The van der Waals surface area contributed by atoms with Gasteiger partial charge < -0.3 is 9.90 Å². The second-order valence-corrected chi connectivity index (χ2v) is 3.63. The average Bonchev–Trinajstić information content (AvgIpc) is 2.29. The summed E-state index contributed by atoms with van der Waals surface area (Å²) >= 11 is 5.66. The predicted octanol–water partition coefficient (Wildman–Crippen LogP) is 0.917. The van der Waals surface area contributed by atoms with Crippen molar-refractivity contribution in [3.05, 3.63) is 0 Å². The van der Waals surface area contributed by atoms with Crippen LogP contribution in [0.4, 0.5) is 4.79 Å². The Bertz CT molecular complexity index is 164. The molecule has 1 aliphatic heterocycles. The molecule has 0 spiro atoms. The van der Waals surface area contributed by atoms with Gasteiger partial charge >= 0.3 is 0 Å². The van der Waals surface area contributed by atoms with E-state index in [0.717, 1.165) is 25.7 Å². The van der Waals surface area contributed by atoms with E-state index in [0.29, 0.717) is 13.1 Å². The molecule has 0 bridgehead atoms. The van der Waals surface area contributed by atoms with Gasteiger partial charge in [0, 0.05) is 0 Å². The van der Waals surface area contributed by atoms with Crippen LogP contribution in [0.5, 0.6) is 0 Å². The van der Waals surface area contributed by atoms with Crippen LogP contribution < -0.4 is 5.11 Å². The summed E-state index contributed by atoms with van der Waals surface area (Å²) in [5, 5.41) is 10.8. The summed E-state index contributed by atoms with van der Waals surface area (Å²) in [5.74, 6) is 0. The second kappa shape index (κ2) is 4.10.